The molecule has 0 spiro atoms. The number of aromatic nitrogens is 6. The van der Waals surface area contributed by atoms with Gasteiger partial charge in [-0.25, -0.2) is 0 Å². The zero-order valence-electron chi connectivity index (χ0n) is 21.9. The topological polar surface area (TPSA) is 59.9 Å². The van der Waals surface area contributed by atoms with Crippen molar-refractivity contribution in [2.75, 3.05) is 13.1 Å². The molecule has 0 saturated heterocycles. The second kappa shape index (κ2) is 11.0. The Morgan fingerprint density at radius 2 is 0.971 bits per heavy atom. The summed E-state index contributed by atoms with van der Waals surface area (Å²) in [6.45, 7) is 17.3. The van der Waals surface area contributed by atoms with Gasteiger partial charge in [-0.05, 0) is 65.3 Å². The lowest BCUT2D eigenvalue weighted by molar-refractivity contribution is 0.108. The van der Waals surface area contributed by atoms with E-state index in [0.717, 1.165) is 56.7 Å². The zero-order chi connectivity index (χ0) is 24.9. The molecule has 3 aromatic heterocycles. The molecule has 0 saturated carbocycles. The molecular weight excluding hydrogens is 436 g/mol. The maximum absolute atomic E-state index is 4.72. The molecule has 4 rings (SSSR count). The SMILES string of the molecule is Cc1cc(C)n(CN(CCN(Cn2nc(C)cc2C)Cn2nc(C)cc2C)Cc2ccccc2)n1. The Morgan fingerprint density at radius 1 is 0.571 bits per heavy atom. The van der Waals surface area contributed by atoms with E-state index in [1.54, 1.807) is 0 Å². The van der Waals surface area contributed by atoms with E-state index in [-0.39, 0.29) is 0 Å². The summed E-state index contributed by atoms with van der Waals surface area (Å²) < 4.78 is 6.28. The first-order chi connectivity index (χ1) is 16.8. The van der Waals surface area contributed by atoms with Crippen LogP contribution in [0.5, 0.6) is 0 Å². The predicted octanol–water partition coefficient (Wildman–Crippen LogP) is 4.20. The minimum atomic E-state index is 0.719. The average Bonchev–Trinajstić information content (AvgIpc) is 3.41. The van der Waals surface area contributed by atoms with Crippen LogP contribution in [0.4, 0.5) is 0 Å². The van der Waals surface area contributed by atoms with Crippen molar-refractivity contribution >= 4 is 0 Å². The number of hydrogen-bond donors (Lipinski definition) is 0. The average molecular weight is 475 g/mol. The molecule has 0 radical (unpaired) electrons. The standard InChI is InChI=1S/C27H38N8/c1-21-14-24(4)33(28-21)18-31(17-27-10-8-7-9-11-27)12-13-32(19-34-25(5)15-22(2)29-34)20-35-26(6)16-23(3)30-35/h7-11,14-16H,12-13,17-20H2,1-6H3. The Bertz CT molecular complexity index is 1190. The summed E-state index contributed by atoms with van der Waals surface area (Å²) in [7, 11) is 0. The maximum Gasteiger partial charge on any atom is 0.0946 e. The van der Waals surface area contributed by atoms with Crippen LogP contribution in [0, 0.1) is 41.5 Å². The Hall–Kier alpha value is -3.23. The van der Waals surface area contributed by atoms with Gasteiger partial charge in [0.2, 0.25) is 0 Å². The van der Waals surface area contributed by atoms with E-state index >= 15 is 0 Å². The third-order valence-electron chi connectivity index (χ3n) is 6.29. The molecule has 0 amide bonds. The second-order valence-corrected chi connectivity index (χ2v) is 9.64. The largest absolute Gasteiger partial charge is 0.279 e. The molecule has 0 atom stereocenters. The zero-order valence-corrected chi connectivity index (χ0v) is 21.9. The van der Waals surface area contributed by atoms with E-state index < -0.39 is 0 Å². The lowest BCUT2D eigenvalue weighted by Crippen LogP contribution is -2.38. The number of hydrogen-bond acceptors (Lipinski definition) is 5. The maximum atomic E-state index is 4.72. The summed E-state index contributed by atoms with van der Waals surface area (Å²) in [4.78, 5) is 4.88. The van der Waals surface area contributed by atoms with Crippen LogP contribution >= 0.6 is 0 Å². The number of nitrogens with zero attached hydrogens (tertiary/aromatic N) is 8. The summed E-state index contributed by atoms with van der Waals surface area (Å²) in [6, 6.07) is 17.1. The molecule has 4 aromatic rings. The molecule has 8 nitrogen and oxygen atoms in total. The molecule has 0 N–H and O–H groups in total. The molecule has 0 aliphatic carbocycles. The molecule has 0 bridgehead atoms. The molecular formula is C27H38N8. The first-order valence-electron chi connectivity index (χ1n) is 12.3. The number of aryl methyl sites for hydroxylation is 6. The molecule has 0 aliphatic rings. The van der Waals surface area contributed by atoms with Crippen molar-refractivity contribution in [1.29, 1.82) is 0 Å². The summed E-state index contributed by atoms with van der Waals surface area (Å²) >= 11 is 0. The van der Waals surface area contributed by atoms with E-state index in [1.807, 2.05) is 13.8 Å². The van der Waals surface area contributed by atoms with Gasteiger partial charge in [0.1, 0.15) is 0 Å². The summed E-state index contributed by atoms with van der Waals surface area (Å²) in [5.41, 5.74) is 7.97. The van der Waals surface area contributed by atoms with Crippen LogP contribution in [0.3, 0.4) is 0 Å². The first-order valence-corrected chi connectivity index (χ1v) is 12.3. The van der Waals surface area contributed by atoms with Crippen LogP contribution in [-0.4, -0.2) is 52.2 Å². The highest BCUT2D eigenvalue weighted by Crippen LogP contribution is 2.12. The van der Waals surface area contributed by atoms with Gasteiger partial charge in [-0.3, -0.25) is 23.8 Å². The molecule has 3 heterocycles. The van der Waals surface area contributed by atoms with Gasteiger partial charge in [0.25, 0.3) is 0 Å². The lowest BCUT2D eigenvalue weighted by Gasteiger charge is -2.28. The minimum Gasteiger partial charge on any atom is -0.279 e. The smallest absolute Gasteiger partial charge is 0.0946 e. The minimum absolute atomic E-state index is 0.719. The third kappa shape index (κ3) is 6.68. The Balaban J connectivity index is 1.53. The van der Waals surface area contributed by atoms with Gasteiger partial charge in [-0.1, -0.05) is 30.3 Å². The van der Waals surface area contributed by atoms with Gasteiger partial charge in [-0.15, -0.1) is 0 Å². The summed E-state index contributed by atoms with van der Waals surface area (Å²) in [6.07, 6.45) is 0. The normalized spacial score (nSPS) is 11.8. The molecule has 8 heteroatoms. The van der Waals surface area contributed by atoms with Crippen molar-refractivity contribution in [2.24, 2.45) is 0 Å². The highest BCUT2D eigenvalue weighted by molar-refractivity contribution is 5.14. The highest BCUT2D eigenvalue weighted by Gasteiger charge is 2.16. The van der Waals surface area contributed by atoms with Gasteiger partial charge in [0, 0.05) is 36.7 Å². The Labute approximate surface area is 208 Å². The second-order valence-electron chi connectivity index (χ2n) is 9.64. The van der Waals surface area contributed by atoms with Crippen LogP contribution in [0.25, 0.3) is 0 Å². The third-order valence-corrected chi connectivity index (χ3v) is 6.29. The van der Waals surface area contributed by atoms with Crippen molar-refractivity contribution in [3.05, 3.63) is 88.3 Å². The van der Waals surface area contributed by atoms with Crippen LogP contribution in [0.2, 0.25) is 0 Å². The monoisotopic (exact) mass is 474 g/mol. The van der Waals surface area contributed by atoms with Crippen LogP contribution in [-0.2, 0) is 26.6 Å². The number of benzene rings is 1. The molecule has 35 heavy (non-hydrogen) atoms. The first kappa shape index (κ1) is 24.9. The van der Waals surface area contributed by atoms with Crippen molar-refractivity contribution in [3.63, 3.8) is 0 Å². The molecule has 0 fully saturated rings. The van der Waals surface area contributed by atoms with E-state index in [2.05, 4.69) is 100 Å². The van der Waals surface area contributed by atoms with E-state index in [4.69, 9.17) is 15.3 Å². The fourth-order valence-electron chi connectivity index (χ4n) is 4.53. The molecule has 186 valence electrons. The van der Waals surface area contributed by atoms with Gasteiger partial charge in [0.15, 0.2) is 0 Å². The van der Waals surface area contributed by atoms with Crippen molar-refractivity contribution in [1.82, 2.24) is 39.1 Å². The highest BCUT2D eigenvalue weighted by atomic mass is 15.5. The van der Waals surface area contributed by atoms with Gasteiger partial charge < -0.3 is 0 Å². The molecule has 0 unspecified atom stereocenters. The van der Waals surface area contributed by atoms with Crippen LogP contribution in [0.1, 0.15) is 39.7 Å². The van der Waals surface area contributed by atoms with Crippen molar-refractivity contribution < 1.29 is 0 Å². The van der Waals surface area contributed by atoms with Gasteiger partial charge in [-0.2, -0.15) is 15.3 Å². The van der Waals surface area contributed by atoms with E-state index in [0.29, 0.717) is 0 Å². The fourth-order valence-corrected chi connectivity index (χ4v) is 4.53. The Morgan fingerprint density at radius 3 is 1.37 bits per heavy atom. The van der Waals surface area contributed by atoms with Gasteiger partial charge >= 0.3 is 0 Å². The van der Waals surface area contributed by atoms with Crippen molar-refractivity contribution in [3.8, 4) is 0 Å². The molecule has 1 aromatic carbocycles. The van der Waals surface area contributed by atoms with Crippen LogP contribution in [0.15, 0.2) is 48.5 Å². The van der Waals surface area contributed by atoms with Crippen molar-refractivity contribution in [2.45, 2.75) is 68.1 Å². The summed E-state index contributed by atoms with van der Waals surface area (Å²) in [5.74, 6) is 0. The predicted molar refractivity (Wildman–Crippen MR) is 139 cm³/mol. The fraction of sp³-hybridized carbons (Fsp3) is 0.444. The van der Waals surface area contributed by atoms with Crippen LogP contribution < -0.4 is 0 Å². The molecule has 0 aliphatic heterocycles. The van der Waals surface area contributed by atoms with E-state index in [1.165, 1.54) is 22.6 Å². The quantitative estimate of drug-likeness (QED) is 0.326. The van der Waals surface area contributed by atoms with Gasteiger partial charge in [0.05, 0.1) is 37.1 Å². The summed E-state index contributed by atoms with van der Waals surface area (Å²) in [5, 5.41) is 14.1. The lowest BCUT2D eigenvalue weighted by atomic mass is 10.2. The number of rotatable bonds is 11. The Kier molecular flexibility index (Phi) is 7.83. The van der Waals surface area contributed by atoms with E-state index in [9.17, 15) is 0 Å².